The Morgan fingerprint density at radius 2 is 1.54 bits per heavy atom. The van der Waals surface area contributed by atoms with E-state index in [4.69, 9.17) is 9.47 Å². The average molecular weight is 524 g/mol. The first-order valence-electron chi connectivity index (χ1n) is 15.5. The molecule has 3 heterocycles. The van der Waals surface area contributed by atoms with E-state index in [0.29, 0.717) is 25.2 Å². The maximum Gasteiger partial charge on any atom is 0.0939 e. The number of aliphatic hydroxyl groups excluding tert-OH is 1. The molecule has 218 valence electrons. The molecule has 0 spiro atoms. The number of rotatable bonds is 12. The zero-order chi connectivity index (χ0) is 27.3. The summed E-state index contributed by atoms with van der Waals surface area (Å²) in [7, 11) is 0. The number of piperidine rings is 2. The van der Waals surface area contributed by atoms with Crippen LogP contribution in [0.3, 0.4) is 0 Å². The smallest absolute Gasteiger partial charge is 0.0939 e. The number of morpholine rings is 1. The number of nitrogens with zero attached hydrogens (tertiary/aromatic N) is 3. The summed E-state index contributed by atoms with van der Waals surface area (Å²) in [6.45, 7) is 26.1. The molecule has 0 aliphatic carbocycles. The Morgan fingerprint density at radius 1 is 0.811 bits per heavy atom. The molecular formula is C31H61N3O3. The second kappa shape index (κ2) is 13.4. The lowest BCUT2D eigenvalue weighted by molar-refractivity contribution is -0.130. The first-order chi connectivity index (χ1) is 17.4. The summed E-state index contributed by atoms with van der Waals surface area (Å²) in [4.78, 5) is 7.91. The normalized spacial score (nSPS) is 30.1. The van der Waals surface area contributed by atoms with Crippen molar-refractivity contribution < 1.29 is 14.6 Å². The topological polar surface area (TPSA) is 48.4 Å². The van der Waals surface area contributed by atoms with E-state index in [0.717, 1.165) is 52.0 Å². The molecule has 0 aromatic heterocycles. The number of likely N-dealkylation sites (tertiary alicyclic amines) is 2. The molecule has 6 nitrogen and oxygen atoms in total. The highest BCUT2D eigenvalue weighted by Gasteiger charge is 2.38. The molecule has 0 amide bonds. The zero-order valence-electron chi connectivity index (χ0n) is 25.7. The largest absolute Gasteiger partial charge is 0.395 e. The first kappa shape index (κ1) is 31.3. The third-order valence-corrected chi connectivity index (χ3v) is 10.0. The molecular weight excluding hydrogens is 462 g/mol. The Morgan fingerprint density at radius 3 is 2.24 bits per heavy atom. The van der Waals surface area contributed by atoms with E-state index in [1.54, 1.807) is 0 Å². The van der Waals surface area contributed by atoms with Gasteiger partial charge in [-0.3, -0.25) is 14.7 Å². The fourth-order valence-electron chi connectivity index (χ4n) is 6.87. The Labute approximate surface area is 229 Å². The van der Waals surface area contributed by atoms with Crippen molar-refractivity contribution in [2.24, 2.45) is 5.92 Å². The maximum absolute atomic E-state index is 9.94. The number of ether oxygens (including phenoxy) is 2. The summed E-state index contributed by atoms with van der Waals surface area (Å²) in [6, 6.07) is 0.333. The molecule has 0 saturated carbocycles. The fourth-order valence-corrected chi connectivity index (χ4v) is 6.87. The minimum absolute atomic E-state index is 0.126. The van der Waals surface area contributed by atoms with Gasteiger partial charge in [0.15, 0.2) is 0 Å². The summed E-state index contributed by atoms with van der Waals surface area (Å²) >= 11 is 0. The Hall–Kier alpha value is -0.240. The SMILES string of the molecule is CCC(C)(C)N1CC(C)OC(COCC2CCCN(C(C)(C)CCC(C)(C)N3CCCCC3CO)C2)C1. The van der Waals surface area contributed by atoms with Crippen LogP contribution in [0.2, 0.25) is 0 Å². The van der Waals surface area contributed by atoms with E-state index in [1.165, 1.54) is 38.6 Å². The summed E-state index contributed by atoms with van der Waals surface area (Å²) < 4.78 is 12.6. The zero-order valence-corrected chi connectivity index (χ0v) is 25.7. The van der Waals surface area contributed by atoms with Crippen molar-refractivity contribution in [2.45, 2.75) is 142 Å². The van der Waals surface area contributed by atoms with E-state index in [9.17, 15) is 5.11 Å². The van der Waals surface area contributed by atoms with Crippen molar-refractivity contribution in [3.8, 4) is 0 Å². The van der Waals surface area contributed by atoms with E-state index >= 15 is 0 Å². The Bertz CT molecular complexity index is 683. The predicted octanol–water partition coefficient (Wildman–Crippen LogP) is 5.18. The standard InChI is InChI=1S/C31H61N3O3/c1-9-29(3,4)33-19-25(2)37-28(21-33)24-36-23-26-13-12-17-32(20-26)30(5,6)15-16-31(7,8)34-18-11-10-14-27(34)22-35/h25-28,35H,9-24H2,1-8H3. The van der Waals surface area contributed by atoms with Gasteiger partial charge in [0.05, 0.1) is 32.0 Å². The quantitative estimate of drug-likeness (QED) is 0.381. The third kappa shape index (κ3) is 8.62. The molecule has 37 heavy (non-hydrogen) atoms. The number of aliphatic hydroxyl groups is 1. The molecule has 0 bridgehead atoms. The van der Waals surface area contributed by atoms with Crippen molar-refractivity contribution in [1.29, 1.82) is 0 Å². The molecule has 1 N–H and O–H groups in total. The van der Waals surface area contributed by atoms with Gasteiger partial charge >= 0.3 is 0 Å². The highest BCUT2D eigenvalue weighted by molar-refractivity contribution is 4.94. The summed E-state index contributed by atoms with van der Waals surface area (Å²) in [5.41, 5.74) is 0.517. The van der Waals surface area contributed by atoms with Gasteiger partial charge in [-0.15, -0.1) is 0 Å². The molecule has 0 aromatic carbocycles. The second-order valence-electron chi connectivity index (χ2n) is 14.3. The first-order valence-corrected chi connectivity index (χ1v) is 15.5. The van der Waals surface area contributed by atoms with Crippen LogP contribution in [0.5, 0.6) is 0 Å². The second-order valence-corrected chi connectivity index (χ2v) is 14.3. The number of hydrogen-bond donors (Lipinski definition) is 1. The van der Waals surface area contributed by atoms with E-state index in [2.05, 4.69) is 70.1 Å². The lowest BCUT2D eigenvalue weighted by atomic mass is 9.83. The van der Waals surface area contributed by atoms with Crippen molar-refractivity contribution in [3.05, 3.63) is 0 Å². The van der Waals surface area contributed by atoms with E-state index in [1.807, 2.05) is 0 Å². The lowest BCUT2D eigenvalue weighted by Gasteiger charge is -2.49. The minimum atomic E-state index is 0.126. The van der Waals surface area contributed by atoms with Gasteiger partial charge in [-0.2, -0.15) is 0 Å². The van der Waals surface area contributed by atoms with Gasteiger partial charge in [0.1, 0.15) is 0 Å². The van der Waals surface area contributed by atoms with Gasteiger partial charge in [0.2, 0.25) is 0 Å². The van der Waals surface area contributed by atoms with Gasteiger partial charge in [-0.25, -0.2) is 0 Å². The summed E-state index contributed by atoms with van der Waals surface area (Å²) in [6.07, 6.45) is 10.1. The molecule has 4 atom stereocenters. The van der Waals surface area contributed by atoms with Crippen molar-refractivity contribution in [2.75, 3.05) is 52.5 Å². The number of hydrogen-bond acceptors (Lipinski definition) is 6. The third-order valence-electron chi connectivity index (χ3n) is 10.0. The molecule has 3 saturated heterocycles. The molecule has 0 radical (unpaired) electrons. The minimum Gasteiger partial charge on any atom is -0.395 e. The Kier molecular flexibility index (Phi) is 11.3. The lowest BCUT2D eigenvalue weighted by Crippen LogP contribution is -2.56. The Balaban J connectivity index is 1.46. The highest BCUT2D eigenvalue weighted by Crippen LogP contribution is 2.34. The van der Waals surface area contributed by atoms with Gasteiger partial charge in [0, 0.05) is 42.3 Å². The van der Waals surface area contributed by atoms with Crippen LogP contribution < -0.4 is 0 Å². The van der Waals surface area contributed by atoms with Crippen LogP contribution >= 0.6 is 0 Å². The predicted molar refractivity (Wildman–Crippen MR) is 154 cm³/mol. The van der Waals surface area contributed by atoms with Crippen LogP contribution in [-0.2, 0) is 9.47 Å². The summed E-state index contributed by atoms with van der Waals surface area (Å²) in [5, 5.41) is 9.94. The maximum atomic E-state index is 9.94. The molecule has 6 heteroatoms. The molecule has 0 aromatic rings. The highest BCUT2D eigenvalue weighted by atomic mass is 16.5. The van der Waals surface area contributed by atoms with Gasteiger partial charge in [0.25, 0.3) is 0 Å². The van der Waals surface area contributed by atoms with Crippen LogP contribution in [0.4, 0.5) is 0 Å². The van der Waals surface area contributed by atoms with Gasteiger partial charge in [-0.05, 0) is 112 Å². The van der Waals surface area contributed by atoms with Crippen LogP contribution in [0.1, 0.15) is 107 Å². The van der Waals surface area contributed by atoms with Crippen molar-refractivity contribution >= 4 is 0 Å². The van der Waals surface area contributed by atoms with Crippen LogP contribution in [0, 0.1) is 5.92 Å². The monoisotopic (exact) mass is 523 g/mol. The van der Waals surface area contributed by atoms with Crippen LogP contribution in [0.25, 0.3) is 0 Å². The molecule has 3 rings (SSSR count). The van der Waals surface area contributed by atoms with E-state index < -0.39 is 0 Å². The molecule has 3 aliphatic rings. The van der Waals surface area contributed by atoms with Crippen molar-refractivity contribution in [3.63, 3.8) is 0 Å². The van der Waals surface area contributed by atoms with Crippen molar-refractivity contribution in [1.82, 2.24) is 14.7 Å². The van der Waals surface area contributed by atoms with Gasteiger partial charge < -0.3 is 14.6 Å². The molecule has 4 unspecified atom stereocenters. The molecule has 3 fully saturated rings. The molecule has 3 aliphatic heterocycles. The fraction of sp³-hybridized carbons (Fsp3) is 1.00. The average Bonchev–Trinajstić information content (AvgIpc) is 2.87. The van der Waals surface area contributed by atoms with Crippen LogP contribution in [0.15, 0.2) is 0 Å². The van der Waals surface area contributed by atoms with Crippen LogP contribution in [-0.4, -0.2) is 107 Å². The summed E-state index contributed by atoms with van der Waals surface area (Å²) in [5.74, 6) is 0.603. The van der Waals surface area contributed by atoms with Gasteiger partial charge in [-0.1, -0.05) is 13.3 Å². The van der Waals surface area contributed by atoms with E-state index in [-0.39, 0.29) is 28.8 Å².